The molecule has 33 heavy (non-hydrogen) atoms. The molecule has 0 aromatic carbocycles. The number of carbonyl (C=O) groups excluding carboxylic acids is 4. The summed E-state index contributed by atoms with van der Waals surface area (Å²) in [6.07, 6.45) is 4.03. The molecule has 0 saturated carbocycles. The van der Waals surface area contributed by atoms with Crippen molar-refractivity contribution in [3.63, 3.8) is 0 Å². The quantitative estimate of drug-likeness (QED) is 0.114. The molecular formula is C19H32N8O6. The molecule has 1 aromatic rings. The van der Waals surface area contributed by atoms with Gasteiger partial charge in [0.05, 0.1) is 18.9 Å². The largest absolute Gasteiger partial charge is 0.480 e. The summed E-state index contributed by atoms with van der Waals surface area (Å²) in [5.41, 5.74) is 17.0. The summed E-state index contributed by atoms with van der Waals surface area (Å²) < 4.78 is 0. The zero-order chi connectivity index (χ0) is 24.8. The van der Waals surface area contributed by atoms with E-state index in [1.807, 2.05) is 0 Å². The average Bonchev–Trinajstić information content (AvgIpc) is 3.26. The number of nitrogens with one attached hydrogen (secondary N) is 4. The second-order valence-electron chi connectivity index (χ2n) is 7.41. The normalized spacial score (nSPS) is 13.4. The van der Waals surface area contributed by atoms with Crippen LogP contribution >= 0.6 is 0 Å². The number of nitrogens with zero attached hydrogens (tertiary/aromatic N) is 1. The van der Waals surface area contributed by atoms with Gasteiger partial charge < -0.3 is 43.2 Å². The molecule has 0 aliphatic rings. The Labute approximate surface area is 190 Å². The van der Waals surface area contributed by atoms with E-state index in [1.54, 1.807) is 0 Å². The van der Waals surface area contributed by atoms with Crippen LogP contribution in [0.15, 0.2) is 12.5 Å². The maximum atomic E-state index is 12.6. The minimum absolute atomic E-state index is 0.190. The van der Waals surface area contributed by atoms with Crippen LogP contribution in [-0.2, 0) is 30.4 Å². The number of aromatic amines is 1. The van der Waals surface area contributed by atoms with Crippen LogP contribution in [0.3, 0.4) is 0 Å². The van der Waals surface area contributed by atoms with Crippen molar-refractivity contribution in [3.05, 3.63) is 18.2 Å². The van der Waals surface area contributed by atoms with Gasteiger partial charge in [0.15, 0.2) is 0 Å². The molecule has 0 bridgehead atoms. The minimum atomic E-state index is -1.35. The van der Waals surface area contributed by atoms with Gasteiger partial charge in [-0.2, -0.15) is 0 Å². The summed E-state index contributed by atoms with van der Waals surface area (Å²) in [7, 11) is 0. The SMILES string of the molecule is NCCCCC(NC(=O)CNC(=O)C(N)Cc1cnc[nH]1)C(=O)NC(CCC(N)=O)C(=O)O. The Kier molecular flexibility index (Phi) is 12.1. The number of primary amides is 1. The highest BCUT2D eigenvalue weighted by atomic mass is 16.4. The van der Waals surface area contributed by atoms with E-state index in [-0.39, 0.29) is 25.7 Å². The van der Waals surface area contributed by atoms with E-state index < -0.39 is 54.3 Å². The lowest BCUT2D eigenvalue weighted by Crippen LogP contribution is -2.54. The molecule has 184 valence electrons. The van der Waals surface area contributed by atoms with Gasteiger partial charge in [0.25, 0.3) is 0 Å². The second-order valence-corrected chi connectivity index (χ2v) is 7.41. The zero-order valence-electron chi connectivity index (χ0n) is 18.2. The fourth-order valence-corrected chi connectivity index (χ4v) is 2.85. The van der Waals surface area contributed by atoms with E-state index in [9.17, 15) is 29.1 Å². The first-order chi connectivity index (χ1) is 15.6. The van der Waals surface area contributed by atoms with Crippen LogP contribution in [0.4, 0.5) is 0 Å². The molecule has 0 fully saturated rings. The van der Waals surface area contributed by atoms with Crippen molar-refractivity contribution in [2.75, 3.05) is 13.1 Å². The second kappa shape index (κ2) is 14.5. The molecule has 0 spiro atoms. The predicted octanol–water partition coefficient (Wildman–Crippen LogP) is -3.16. The number of imidazole rings is 1. The van der Waals surface area contributed by atoms with E-state index >= 15 is 0 Å². The van der Waals surface area contributed by atoms with Gasteiger partial charge in [-0.25, -0.2) is 9.78 Å². The Balaban J connectivity index is 2.64. The molecule has 14 nitrogen and oxygen atoms in total. The number of hydrogen-bond acceptors (Lipinski definition) is 8. The average molecular weight is 469 g/mol. The lowest BCUT2D eigenvalue weighted by atomic mass is 10.1. The topological polar surface area (TPSA) is 248 Å². The van der Waals surface area contributed by atoms with Crippen LogP contribution < -0.4 is 33.2 Å². The number of H-pyrrole nitrogens is 1. The Bertz CT molecular complexity index is 800. The van der Waals surface area contributed by atoms with Crippen molar-refractivity contribution in [1.82, 2.24) is 25.9 Å². The van der Waals surface area contributed by atoms with Gasteiger partial charge in [-0.05, 0) is 32.2 Å². The first-order valence-corrected chi connectivity index (χ1v) is 10.5. The Hall–Kier alpha value is -3.52. The van der Waals surface area contributed by atoms with Gasteiger partial charge in [0.1, 0.15) is 12.1 Å². The van der Waals surface area contributed by atoms with Crippen molar-refractivity contribution in [2.45, 2.75) is 56.7 Å². The molecule has 3 atom stereocenters. The van der Waals surface area contributed by atoms with Gasteiger partial charge in [-0.15, -0.1) is 0 Å². The zero-order valence-corrected chi connectivity index (χ0v) is 18.2. The number of aromatic nitrogens is 2. The van der Waals surface area contributed by atoms with Crippen molar-refractivity contribution >= 4 is 29.6 Å². The number of carboxylic acid groups (broad SMARTS) is 1. The first kappa shape index (κ1) is 27.5. The Morgan fingerprint density at radius 3 is 2.36 bits per heavy atom. The number of aliphatic carboxylic acids is 1. The van der Waals surface area contributed by atoms with E-state index in [4.69, 9.17) is 17.2 Å². The maximum Gasteiger partial charge on any atom is 0.326 e. The van der Waals surface area contributed by atoms with E-state index in [0.29, 0.717) is 25.1 Å². The summed E-state index contributed by atoms with van der Waals surface area (Å²) in [4.78, 5) is 66.0. The van der Waals surface area contributed by atoms with Gasteiger partial charge in [-0.1, -0.05) is 0 Å². The van der Waals surface area contributed by atoms with E-state index in [0.717, 1.165) is 0 Å². The number of amides is 4. The summed E-state index contributed by atoms with van der Waals surface area (Å²) in [5.74, 6) is -4.00. The predicted molar refractivity (Wildman–Crippen MR) is 116 cm³/mol. The van der Waals surface area contributed by atoms with E-state index in [1.165, 1.54) is 12.5 Å². The highest BCUT2D eigenvalue weighted by molar-refractivity contribution is 5.92. The first-order valence-electron chi connectivity index (χ1n) is 10.5. The number of unbranched alkanes of at least 4 members (excludes halogenated alkanes) is 1. The Morgan fingerprint density at radius 1 is 1.06 bits per heavy atom. The Morgan fingerprint density at radius 2 is 1.79 bits per heavy atom. The van der Waals surface area contributed by atoms with Crippen molar-refractivity contribution in [3.8, 4) is 0 Å². The van der Waals surface area contributed by atoms with Crippen LogP contribution in [0.25, 0.3) is 0 Å². The molecule has 1 rings (SSSR count). The highest BCUT2D eigenvalue weighted by Gasteiger charge is 2.27. The summed E-state index contributed by atoms with van der Waals surface area (Å²) in [6, 6.07) is -3.32. The number of hydrogen-bond donors (Lipinski definition) is 8. The van der Waals surface area contributed by atoms with Crippen LogP contribution in [0, 0.1) is 0 Å². The van der Waals surface area contributed by atoms with Gasteiger partial charge in [0, 0.05) is 24.7 Å². The van der Waals surface area contributed by atoms with Crippen molar-refractivity contribution in [1.29, 1.82) is 0 Å². The third kappa shape index (κ3) is 11.1. The summed E-state index contributed by atoms with van der Waals surface area (Å²) in [5, 5.41) is 16.4. The van der Waals surface area contributed by atoms with Crippen LogP contribution in [0.1, 0.15) is 37.8 Å². The summed E-state index contributed by atoms with van der Waals surface area (Å²) >= 11 is 0. The molecule has 1 aromatic heterocycles. The molecule has 0 radical (unpaired) electrons. The van der Waals surface area contributed by atoms with E-state index in [2.05, 4.69) is 25.9 Å². The fraction of sp³-hybridized carbons (Fsp3) is 0.579. The molecule has 0 saturated heterocycles. The third-order valence-corrected chi connectivity index (χ3v) is 4.65. The van der Waals surface area contributed by atoms with Gasteiger partial charge in [-0.3, -0.25) is 19.2 Å². The molecule has 14 heteroatoms. The molecule has 0 aliphatic carbocycles. The number of carboxylic acids is 1. The van der Waals surface area contributed by atoms with Crippen LogP contribution in [0.2, 0.25) is 0 Å². The standard InChI is InChI=1S/C19H32N8O6/c20-6-2-1-3-13(18(31)27-14(19(32)33)4-5-15(22)28)26-16(29)9-24-17(30)12(21)7-11-8-23-10-25-11/h8,10,12-14H,1-7,9,20-21H2,(H2,22,28)(H,23,25)(H,24,30)(H,26,29)(H,27,31)(H,32,33). The van der Waals surface area contributed by atoms with Gasteiger partial charge in [0.2, 0.25) is 23.6 Å². The monoisotopic (exact) mass is 468 g/mol. The summed E-state index contributed by atoms with van der Waals surface area (Å²) in [6.45, 7) is -0.0524. The van der Waals surface area contributed by atoms with Crippen molar-refractivity contribution in [2.24, 2.45) is 17.2 Å². The smallest absolute Gasteiger partial charge is 0.326 e. The number of rotatable bonds is 16. The molecule has 4 amide bonds. The molecular weight excluding hydrogens is 436 g/mol. The molecule has 1 heterocycles. The highest BCUT2D eigenvalue weighted by Crippen LogP contribution is 2.04. The maximum absolute atomic E-state index is 12.6. The molecule has 0 aliphatic heterocycles. The lowest BCUT2D eigenvalue weighted by molar-refractivity contribution is -0.142. The van der Waals surface area contributed by atoms with Crippen LogP contribution in [0.5, 0.6) is 0 Å². The number of nitrogens with two attached hydrogens (primary N) is 3. The molecule has 11 N–H and O–H groups in total. The molecule has 3 unspecified atom stereocenters. The lowest BCUT2D eigenvalue weighted by Gasteiger charge is -2.21. The fourth-order valence-electron chi connectivity index (χ4n) is 2.85. The number of carbonyl (C=O) groups is 5. The van der Waals surface area contributed by atoms with Gasteiger partial charge >= 0.3 is 5.97 Å². The minimum Gasteiger partial charge on any atom is -0.480 e. The van der Waals surface area contributed by atoms with Crippen LogP contribution in [-0.4, -0.2) is 75.9 Å². The van der Waals surface area contributed by atoms with Crippen molar-refractivity contribution < 1.29 is 29.1 Å². The third-order valence-electron chi connectivity index (χ3n) is 4.65.